The summed E-state index contributed by atoms with van der Waals surface area (Å²) in [6.45, 7) is 5.58. The fourth-order valence-corrected chi connectivity index (χ4v) is 1.51. The van der Waals surface area contributed by atoms with Gasteiger partial charge in [-0.15, -0.1) is 0 Å². The molecular weight excluding hydrogens is 263 g/mol. The van der Waals surface area contributed by atoms with Crippen LogP contribution >= 0.6 is 22.6 Å². The first-order chi connectivity index (χ1) is 5.72. The van der Waals surface area contributed by atoms with E-state index in [1.807, 2.05) is 38.1 Å². The molecule has 2 heteroatoms. The highest BCUT2D eigenvalue weighted by Crippen LogP contribution is 2.11. The van der Waals surface area contributed by atoms with Crippen molar-refractivity contribution in [2.45, 2.75) is 20.8 Å². The van der Waals surface area contributed by atoms with Crippen LogP contribution in [0.3, 0.4) is 0 Å². The molecule has 0 N–H and O–H groups in total. The molecule has 0 aliphatic carbocycles. The van der Waals surface area contributed by atoms with Crippen LogP contribution in [0.1, 0.15) is 31.1 Å². The van der Waals surface area contributed by atoms with Gasteiger partial charge in [0, 0.05) is 9.13 Å². The molecule has 66 valence electrons. The number of ketones is 1. The van der Waals surface area contributed by atoms with Gasteiger partial charge in [0.15, 0.2) is 5.78 Å². The van der Waals surface area contributed by atoms with Crippen LogP contribution in [-0.2, 0) is 0 Å². The van der Waals surface area contributed by atoms with Gasteiger partial charge in [-0.3, -0.25) is 4.79 Å². The van der Waals surface area contributed by atoms with E-state index in [9.17, 15) is 4.79 Å². The molecule has 0 bridgehead atoms. The summed E-state index contributed by atoms with van der Waals surface area (Å²) in [4.78, 5) is 10.9. The highest BCUT2D eigenvalue weighted by Gasteiger charge is 2.00. The zero-order valence-corrected chi connectivity index (χ0v) is 9.75. The van der Waals surface area contributed by atoms with E-state index in [-0.39, 0.29) is 5.78 Å². The third-order valence-electron chi connectivity index (χ3n) is 1.25. The van der Waals surface area contributed by atoms with Gasteiger partial charge in [0.1, 0.15) is 0 Å². The van der Waals surface area contributed by atoms with Crippen LogP contribution in [0.15, 0.2) is 24.3 Å². The molecule has 0 radical (unpaired) electrons. The number of carbonyl (C=O) groups excluding carboxylic acids is 1. The largest absolute Gasteiger partial charge is 0.294 e. The zero-order chi connectivity index (χ0) is 9.56. The number of hydrogen-bond acceptors (Lipinski definition) is 1. The first kappa shape index (κ1) is 11.6. The smallest absolute Gasteiger partial charge is 0.160 e. The monoisotopic (exact) mass is 276 g/mol. The normalized spacial score (nSPS) is 8.33. The fraction of sp³-hybridized carbons (Fsp3) is 0.300. The minimum atomic E-state index is 0.130. The van der Waals surface area contributed by atoms with E-state index in [1.165, 1.54) is 0 Å². The first-order valence-electron chi connectivity index (χ1n) is 3.97. The van der Waals surface area contributed by atoms with E-state index < -0.39 is 0 Å². The second kappa shape index (κ2) is 6.17. The summed E-state index contributed by atoms with van der Waals surface area (Å²) in [7, 11) is 0. The molecule has 0 spiro atoms. The van der Waals surface area contributed by atoms with Crippen LogP contribution in [0.25, 0.3) is 0 Å². The van der Waals surface area contributed by atoms with Crippen molar-refractivity contribution in [1.82, 2.24) is 0 Å². The number of Topliss-reactive ketones (excluding diaryl/α,β-unsaturated/α-hetero) is 1. The van der Waals surface area contributed by atoms with Gasteiger partial charge in [-0.1, -0.05) is 32.0 Å². The summed E-state index contributed by atoms with van der Waals surface area (Å²) in [6, 6.07) is 7.56. The summed E-state index contributed by atoms with van der Waals surface area (Å²) in [5, 5.41) is 0. The third-order valence-corrected chi connectivity index (χ3v) is 2.19. The van der Waals surface area contributed by atoms with Gasteiger partial charge in [0.05, 0.1) is 0 Å². The van der Waals surface area contributed by atoms with Crippen LogP contribution < -0.4 is 0 Å². The molecular formula is C10H13IO. The number of hydrogen-bond donors (Lipinski definition) is 0. The third kappa shape index (κ3) is 3.34. The van der Waals surface area contributed by atoms with Crippen LogP contribution in [0.2, 0.25) is 0 Å². The second-order valence-electron chi connectivity index (χ2n) is 2.04. The molecule has 0 amide bonds. The van der Waals surface area contributed by atoms with Crippen molar-refractivity contribution in [3.05, 3.63) is 33.4 Å². The maximum atomic E-state index is 10.9. The van der Waals surface area contributed by atoms with Gasteiger partial charge < -0.3 is 0 Å². The minimum absolute atomic E-state index is 0.130. The van der Waals surface area contributed by atoms with Crippen molar-refractivity contribution in [1.29, 1.82) is 0 Å². The average Bonchev–Trinajstić information content (AvgIpc) is 2.08. The van der Waals surface area contributed by atoms with E-state index in [2.05, 4.69) is 22.6 Å². The Morgan fingerprint density at radius 3 is 2.08 bits per heavy atom. The van der Waals surface area contributed by atoms with Gasteiger partial charge in [-0.25, -0.2) is 0 Å². The van der Waals surface area contributed by atoms with Gasteiger partial charge in [-0.2, -0.15) is 0 Å². The summed E-state index contributed by atoms with van der Waals surface area (Å²) >= 11 is 2.15. The van der Waals surface area contributed by atoms with E-state index in [1.54, 1.807) is 6.92 Å². The highest BCUT2D eigenvalue weighted by molar-refractivity contribution is 14.1. The summed E-state index contributed by atoms with van der Waals surface area (Å²) in [5.74, 6) is 0.130. The van der Waals surface area contributed by atoms with Crippen molar-refractivity contribution >= 4 is 28.4 Å². The number of rotatable bonds is 1. The molecule has 0 atom stereocenters. The molecule has 0 fully saturated rings. The summed E-state index contributed by atoms with van der Waals surface area (Å²) in [5.41, 5.74) is 0.808. The Bertz CT molecular complexity index is 256. The van der Waals surface area contributed by atoms with Crippen LogP contribution in [0.5, 0.6) is 0 Å². The lowest BCUT2D eigenvalue weighted by molar-refractivity contribution is 0.101. The van der Waals surface area contributed by atoms with E-state index in [4.69, 9.17) is 0 Å². The Morgan fingerprint density at radius 2 is 1.75 bits per heavy atom. The Kier molecular flexibility index (Phi) is 5.98. The summed E-state index contributed by atoms with van der Waals surface area (Å²) < 4.78 is 1.02. The predicted octanol–water partition coefficient (Wildman–Crippen LogP) is 3.52. The lowest BCUT2D eigenvalue weighted by Gasteiger charge is -1.96. The van der Waals surface area contributed by atoms with Gasteiger partial charge >= 0.3 is 0 Å². The van der Waals surface area contributed by atoms with Crippen molar-refractivity contribution in [3.63, 3.8) is 0 Å². The minimum Gasteiger partial charge on any atom is -0.294 e. The Balaban J connectivity index is 0.000000561. The molecule has 0 aromatic heterocycles. The SMILES string of the molecule is CC.CC(=O)c1ccccc1I. The Hall–Kier alpha value is -0.380. The fourth-order valence-electron chi connectivity index (χ4n) is 0.747. The van der Waals surface area contributed by atoms with E-state index in [0.29, 0.717) is 0 Å². The molecule has 0 saturated carbocycles. The molecule has 0 aliphatic rings. The Morgan fingerprint density at radius 1 is 1.25 bits per heavy atom. The number of halogens is 1. The Labute approximate surface area is 87.3 Å². The van der Waals surface area contributed by atoms with Crippen LogP contribution in [0, 0.1) is 3.57 Å². The molecule has 1 nitrogen and oxygen atoms in total. The van der Waals surface area contributed by atoms with Gasteiger partial charge in [0.25, 0.3) is 0 Å². The van der Waals surface area contributed by atoms with Crippen molar-refractivity contribution in [3.8, 4) is 0 Å². The molecule has 12 heavy (non-hydrogen) atoms. The van der Waals surface area contributed by atoms with Crippen molar-refractivity contribution in [2.75, 3.05) is 0 Å². The summed E-state index contributed by atoms with van der Waals surface area (Å²) in [6.07, 6.45) is 0. The van der Waals surface area contributed by atoms with Crippen molar-refractivity contribution in [2.24, 2.45) is 0 Å². The van der Waals surface area contributed by atoms with Crippen LogP contribution in [0.4, 0.5) is 0 Å². The predicted molar refractivity (Wildman–Crippen MR) is 60.5 cm³/mol. The molecule has 1 aromatic carbocycles. The van der Waals surface area contributed by atoms with E-state index in [0.717, 1.165) is 9.13 Å². The second-order valence-corrected chi connectivity index (χ2v) is 3.20. The van der Waals surface area contributed by atoms with Gasteiger partial charge in [-0.05, 0) is 35.6 Å². The van der Waals surface area contributed by atoms with Gasteiger partial charge in [0.2, 0.25) is 0 Å². The molecule has 0 aliphatic heterocycles. The molecule has 1 aromatic rings. The first-order valence-corrected chi connectivity index (χ1v) is 5.05. The highest BCUT2D eigenvalue weighted by atomic mass is 127. The molecule has 0 saturated heterocycles. The van der Waals surface area contributed by atoms with Crippen LogP contribution in [-0.4, -0.2) is 5.78 Å². The maximum absolute atomic E-state index is 10.9. The lowest BCUT2D eigenvalue weighted by atomic mass is 10.2. The lowest BCUT2D eigenvalue weighted by Crippen LogP contribution is -1.93. The number of benzene rings is 1. The standard InChI is InChI=1S/C8H7IO.C2H6/c1-6(10)7-4-2-3-5-8(7)9;1-2/h2-5H,1H3;1-2H3. The molecule has 1 rings (SSSR count). The maximum Gasteiger partial charge on any atom is 0.160 e. The molecule has 0 unspecified atom stereocenters. The van der Waals surface area contributed by atoms with E-state index >= 15 is 0 Å². The zero-order valence-electron chi connectivity index (χ0n) is 7.60. The average molecular weight is 276 g/mol. The van der Waals surface area contributed by atoms with Crippen molar-refractivity contribution < 1.29 is 4.79 Å². The number of carbonyl (C=O) groups is 1. The quantitative estimate of drug-likeness (QED) is 0.566. The topological polar surface area (TPSA) is 17.1 Å². The molecule has 0 heterocycles.